The molecule has 3 rings (SSSR count). The van der Waals surface area contributed by atoms with E-state index in [9.17, 15) is 4.79 Å². The number of piperidine rings is 1. The van der Waals surface area contributed by atoms with Gasteiger partial charge in [-0.3, -0.25) is 9.78 Å². The average molecular weight is 353 g/mol. The Hall–Kier alpha value is -2.40. The van der Waals surface area contributed by atoms with Gasteiger partial charge in [-0.05, 0) is 48.4 Å². The van der Waals surface area contributed by atoms with Crippen LogP contribution in [0.3, 0.4) is 0 Å². The van der Waals surface area contributed by atoms with Crippen molar-refractivity contribution in [3.63, 3.8) is 0 Å². The minimum Gasteiger partial charge on any atom is -0.456 e. The minimum absolute atomic E-state index is 0.282. The first-order valence-corrected chi connectivity index (χ1v) is 9.24. The molecule has 2 heterocycles. The van der Waals surface area contributed by atoms with Crippen molar-refractivity contribution in [2.24, 2.45) is 17.6 Å². The van der Waals surface area contributed by atoms with Crippen LogP contribution in [-0.4, -0.2) is 35.4 Å². The maximum atomic E-state index is 11.4. The molecule has 26 heavy (non-hydrogen) atoms. The smallest absolute Gasteiger partial charge is 0.254 e. The molecule has 1 aromatic carbocycles. The summed E-state index contributed by atoms with van der Waals surface area (Å²) in [6, 6.07) is 9.67. The maximum Gasteiger partial charge on any atom is 0.254 e. The van der Waals surface area contributed by atoms with Crippen molar-refractivity contribution in [3.05, 3.63) is 53.9 Å². The van der Waals surface area contributed by atoms with Gasteiger partial charge in [0.15, 0.2) is 0 Å². The summed E-state index contributed by atoms with van der Waals surface area (Å²) >= 11 is 0. The molecule has 5 nitrogen and oxygen atoms in total. The highest BCUT2D eigenvalue weighted by Crippen LogP contribution is 2.25. The number of likely N-dealkylation sites (tertiary alicyclic amines) is 1. The van der Waals surface area contributed by atoms with Gasteiger partial charge in [-0.25, -0.2) is 0 Å². The fourth-order valence-corrected chi connectivity index (χ4v) is 3.77. The fraction of sp³-hybridized carbons (Fsp3) is 0.429. The van der Waals surface area contributed by atoms with Gasteiger partial charge < -0.3 is 15.4 Å². The predicted octanol–water partition coefficient (Wildman–Crippen LogP) is 3.49. The summed E-state index contributed by atoms with van der Waals surface area (Å²) in [7, 11) is 0. The Labute approximate surface area is 155 Å². The molecule has 2 atom stereocenters. The Morgan fingerprint density at radius 2 is 1.88 bits per heavy atom. The number of amides is 1. The molecule has 1 aliphatic rings. The van der Waals surface area contributed by atoms with Gasteiger partial charge in [0.05, 0.1) is 0 Å². The number of aromatic nitrogens is 1. The van der Waals surface area contributed by atoms with Crippen molar-refractivity contribution < 1.29 is 9.53 Å². The van der Waals surface area contributed by atoms with E-state index in [-0.39, 0.29) is 5.56 Å². The number of carbonyl (C=O) groups is 1. The molecular weight excluding hydrogens is 326 g/mol. The zero-order valence-electron chi connectivity index (χ0n) is 15.5. The summed E-state index contributed by atoms with van der Waals surface area (Å²) in [6.45, 7) is 8.17. The lowest BCUT2D eigenvalue weighted by molar-refractivity contribution is 0.0997. The van der Waals surface area contributed by atoms with Crippen LogP contribution in [0.25, 0.3) is 0 Å². The second kappa shape index (κ2) is 8.32. The second-order valence-corrected chi connectivity index (χ2v) is 7.44. The number of rotatable bonds is 6. The lowest BCUT2D eigenvalue weighted by Crippen LogP contribution is -2.39. The van der Waals surface area contributed by atoms with Gasteiger partial charge >= 0.3 is 0 Å². The van der Waals surface area contributed by atoms with Crippen LogP contribution in [0.5, 0.6) is 11.5 Å². The van der Waals surface area contributed by atoms with E-state index in [0.29, 0.717) is 11.5 Å². The number of nitrogens with zero attached hydrogens (tertiary/aromatic N) is 2. The third kappa shape index (κ3) is 4.82. The van der Waals surface area contributed by atoms with Gasteiger partial charge in [-0.1, -0.05) is 26.0 Å². The van der Waals surface area contributed by atoms with Crippen molar-refractivity contribution in [2.45, 2.75) is 26.7 Å². The zero-order chi connectivity index (χ0) is 18.5. The van der Waals surface area contributed by atoms with Crippen LogP contribution in [0.15, 0.2) is 42.7 Å². The first kappa shape index (κ1) is 18.4. The van der Waals surface area contributed by atoms with E-state index in [2.05, 4.69) is 35.9 Å². The SMILES string of the molecule is CC1CC(C)CN(CCc2ccc(Oc3ccncc3C(N)=O)cc2)C1. The van der Waals surface area contributed by atoms with Gasteiger partial charge in [-0.15, -0.1) is 0 Å². The number of primary amides is 1. The van der Waals surface area contributed by atoms with Crippen molar-refractivity contribution in [3.8, 4) is 11.5 Å². The topological polar surface area (TPSA) is 68.4 Å². The molecule has 1 saturated heterocycles. The molecule has 1 aliphatic heterocycles. The van der Waals surface area contributed by atoms with Crippen molar-refractivity contribution in [2.75, 3.05) is 19.6 Å². The van der Waals surface area contributed by atoms with Gasteiger partial charge in [0, 0.05) is 32.0 Å². The summed E-state index contributed by atoms with van der Waals surface area (Å²) in [5.74, 6) is 2.14. The molecular formula is C21H27N3O2. The highest BCUT2D eigenvalue weighted by Gasteiger charge is 2.21. The number of carbonyl (C=O) groups excluding carboxylic acids is 1. The molecule has 2 N–H and O–H groups in total. The monoisotopic (exact) mass is 353 g/mol. The lowest BCUT2D eigenvalue weighted by atomic mass is 9.92. The Kier molecular flexibility index (Phi) is 5.89. The van der Waals surface area contributed by atoms with E-state index in [1.54, 1.807) is 12.3 Å². The van der Waals surface area contributed by atoms with Gasteiger partial charge in [0.2, 0.25) is 0 Å². The van der Waals surface area contributed by atoms with Crippen molar-refractivity contribution in [1.82, 2.24) is 9.88 Å². The molecule has 1 fully saturated rings. The molecule has 0 spiro atoms. The van der Waals surface area contributed by atoms with E-state index in [0.717, 1.165) is 24.8 Å². The zero-order valence-corrected chi connectivity index (χ0v) is 15.5. The van der Waals surface area contributed by atoms with Crippen molar-refractivity contribution in [1.29, 1.82) is 0 Å². The van der Waals surface area contributed by atoms with Crippen LogP contribution in [0.1, 0.15) is 36.2 Å². The van der Waals surface area contributed by atoms with Crippen LogP contribution in [0, 0.1) is 11.8 Å². The van der Waals surface area contributed by atoms with Crippen molar-refractivity contribution >= 4 is 5.91 Å². The molecule has 1 amide bonds. The third-order valence-electron chi connectivity index (χ3n) is 4.86. The Balaban J connectivity index is 1.58. The van der Waals surface area contributed by atoms with Gasteiger partial charge in [-0.2, -0.15) is 0 Å². The summed E-state index contributed by atoms with van der Waals surface area (Å²) in [5, 5.41) is 0. The molecule has 0 saturated carbocycles. The molecule has 0 bridgehead atoms. The number of hydrogen-bond acceptors (Lipinski definition) is 4. The highest BCUT2D eigenvalue weighted by molar-refractivity contribution is 5.95. The van der Waals surface area contributed by atoms with E-state index in [1.165, 1.54) is 31.3 Å². The highest BCUT2D eigenvalue weighted by atomic mass is 16.5. The van der Waals surface area contributed by atoms with Gasteiger partial charge in [0.1, 0.15) is 17.1 Å². The maximum absolute atomic E-state index is 11.4. The van der Waals surface area contributed by atoms with E-state index in [4.69, 9.17) is 10.5 Å². The Morgan fingerprint density at radius 1 is 1.19 bits per heavy atom. The van der Waals surface area contributed by atoms with E-state index >= 15 is 0 Å². The third-order valence-corrected chi connectivity index (χ3v) is 4.86. The second-order valence-electron chi connectivity index (χ2n) is 7.44. The fourth-order valence-electron chi connectivity index (χ4n) is 3.77. The number of ether oxygens (including phenoxy) is 1. The van der Waals surface area contributed by atoms with E-state index in [1.807, 2.05) is 12.1 Å². The first-order chi connectivity index (χ1) is 12.5. The lowest BCUT2D eigenvalue weighted by Gasteiger charge is -2.34. The minimum atomic E-state index is -0.547. The number of pyridine rings is 1. The average Bonchev–Trinajstić information content (AvgIpc) is 2.61. The molecule has 0 radical (unpaired) electrons. The van der Waals surface area contributed by atoms with Crippen LogP contribution in [-0.2, 0) is 6.42 Å². The summed E-state index contributed by atoms with van der Waals surface area (Å²) in [6.07, 6.45) is 5.37. The molecule has 2 aromatic rings. The normalized spacial score (nSPS) is 20.7. The summed E-state index contributed by atoms with van der Waals surface area (Å²) < 4.78 is 5.80. The summed E-state index contributed by atoms with van der Waals surface area (Å²) in [4.78, 5) is 17.9. The van der Waals surface area contributed by atoms with E-state index < -0.39 is 5.91 Å². The Morgan fingerprint density at radius 3 is 2.54 bits per heavy atom. The molecule has 2 unspecified atom stereocenters. The molecule has 1 aromatic heterocycles. The van der Waals surface area contributed by atoms with Crippen LogP contribution < -0.4 is 10.5 Å². The predicted molar refractivity (Wildman–Crippen MR) is 102 cm³/mol. The van der Waals surface area contributed by atoms with Crippen LogP contribution in [0.2, 0.25) is 0 Å². The largest absolute Gasteiger partial charge is 0.456 e. The number of benzene rings is 1. The standard InChI is InChI=1S/C21H27N3O2/c1-15-11-16(2)14-24(13-15)10-8-17-3-5-18(6-4-17)26-20-7-9-23-12-19(20)21(22)25/h3-7,9,12,15-16H,8,10-11,13-14H2,1-2H3,(H2,22,25). The summed E-state index contributed by atoms with van der Waals surface area (Å²) in [5.41, 5.74) is 6.93. The molecule has 0 aliphatic carbocycles. The molecule has 5 heteroatoms. The first-order valence-electron chi connectivity index (χ1n) is 9.24. The Bertz CT molecular complexity index is 735. The molecule has 138 valence electrons. The van der Waals surface area contributed by atoms with Crippen LogP contribution >= 0.6 is 0 Å². The van der Waals surface area contributed by atoms with Gasteiger partial charge in [0.25, 0.3) is 5.91 Å². The number of nitrogens with two attached hydrogens (primary N) is 1. The quantitative estimate of drug-likeness (QED) is 0.863. The number of hydrogen-bond donors (Lipinski definition) is 1. The van der Waals surface area contributed by atoms with Crippen LogP contribution in [0.4, 0.5) is 0 Å².